The smallest absolute Gasteiger partial charge is 0.119 e. The van der Waals surface area contributed by atoms with Crippen LogP contribution in [0.4, 0.5) is 0 Å². The van der Waals surface area contributed by atoms with E-state index in [1.807, 2.05) is 18.2 Å². The molecule has 0 saturated heterocycles. The second-order valence-electron chi connectivity index (χ2n) is 22.3. The molecule has 73 heavy (non-hydrogen) atoms. The van der Waals surface area contributed by atoms with Gasteiger partial charge in [-0.3, -0.25) is 14.7 Å². The Labute approximate surface area is 448 Å². The first-order valence-electron chi connectivity index (χ1n) is 28.0. The number of aryl methyl sites for hydroxylation is 5. The Hall–Kier alpha value is -5.00. The molecule has 1 N–H and O–H groups in total. The van der Waals surface area contributed by atoms with E-state index in [1.54, 1.807) is 0 Å². The molecular weight excluding hydrogens is 887 g/mol. The summed E-state index contributed by atoms with van der Waals surface area (Å²) in [5.74, 6) is 1.08. The van der Waals surface area contributed by atoms with Crippen molar-refractivity contribution < 1.29 is 5.11 Å². The van der Waals surface area contributed by atoms with Crippen LogP contribution in [0, 0.1) is 34.6 Å². The number of rotatable bonds is 20. The van der Waals surface area contributed by atoms with Crippen molar-refractivity contribution in [2.24, 2.45) is 0 Å². The zero-order valence-corrected chi connectivity index (χ0v) is 49.2. The third-order valence-electron chi connectivity index (χ3n) is 14.3. The van der Waals surface area contributed by atoms with E-state index in [0.29, 0.717) is 47.9 Å². The Balaban J connectivity index is 0.000000270. The van der Waals surface area contributed by atoms with Gasteiger partial charge in [0.25, 0.3) is 0 Å². The fourth-order valence-electron chi connectivity index (χ4n) is 10.4. The first-order chi connectivity index (χ1) is 34.6. The van der Waals surface area contributed by atoms with Crippen LogP contribution < -0.4 is 0 Å². The van der Waals surface area contributed by atoms with E-state index < -0.39 is 0 Å². The predicted octanol–water partition coefficient (Wildman–Crippen LogP) is 17.7. The lowest BCUT2D eigenvalue weighted by atomic mass is 9.85. The minimum absolute atomic E-state index is 0.214. The lowest BCUT2D eigenvalue weighted by Gasteiger charge is -2.32. The summed E-state index contributed by atoms with van der Waals surface area (Å²) in [7, 11) is 0. The van der Waals surface area contributed by atoms with Crippen molar-refractivity contribution >= 4 is 0 Å². The molecule has 0 aliphatic heterocycles. The largest absolute Gasteiger partial charge is 0.508 e. The van der Waals surface area contributed by atoms with Crippen LogP contribution in [0.25, 0.3) is 0 Å². The monoisotopic (exact) mass is 988 g/mol. The van der Waals surface area contributed by atoms with Crippen molar-refractivity contribution in [3.63, 3.8) is 0 Å². The van der Waals surface area contributed by atoms with Crippen molar-refractivity contribution in [1.29, 1.82) is 0 Å². The molecule has 0 fully saturated rings. The second kappa shape index (κ2) is 32.3. The number of aromatic hydroxyl groups is 1. The highest BCUT2D eigenvalue weighted by Gasteiger charge is 2.23. The van der Waals surface area contributed by atoms with Gasteiger partial charge in [-0.1, -0.05) is 163 Å². The van der Waals surface area contributed by atoms with Gasteiger partial charge in [0, 0.05) is 53.7 Å². The molecule has 0 heterocycles. The SMILES string of the molecule is CCCN(C(C)C)C(C)C.Cc1ccc(C)c(C(CCN(C(C)C)C(C)C)c2ccccc2)c1.Cc1ccc(C)c(Cc2ccccc2)c1.Cc1ccc(O)c(C(CCN(C(C)C)C(C)C)c2ccccc2)c1. The highest BCUT2D eigenvalue weighted by Crippen LogP contribution is 2.35. The maximum absolute atomic E-state index is 10.4. The van der Waals surface area contributed by atoms with Crippen LogP contribution in [0.5, 0.6) is 5.75 Å². The summed E-state index contributed by atoms with van der Waals surface area (Å²) in [4.78, 5) is 7.63. The topological polar surface area (TPSA) is 30.0 Å². The highest BCUT2D eigenvalue weighted by atomic mass is 16.3. The van der Waals surface area contributed by atoms with Gasteiger partial charge < -0.3 is 5.11 Å². The van der Waals surface area contributed by atoms with Crippen LogP contribution in [0.3, 0.4) is 0 Å². The molecule has 0 bridgehead atoms. The van der Waals surface area contributed by atoms with E-state index in [9.17, 15) is 5.11 Å². The zero-order valence-electron chi connectivity index (χ0n) is 49.2. The number of nitrogens with zero attached hydrogens (tertiary/aromatic N) is 3. The Morgan fingerprint density at radius 3 is 1.15 bits per heavy atom. The lowest BCUT2D eigenvalue weighted by Crippen LogP contribution is -2.38. The summed E-state index contributed by atoms with van der Waals surface area (Å²) in [5, 5.41) is 10.4. The summed E-state index contributed by atoms with van der Waals surface area (Å²) < 4.78 is 0. The fourth-order valence-corrected chi connectivity index (χ4v) is 10.4. The van der Waals surface area contributed by atoms with Gasteiger partial charge in [-0.2, -0.15) is 0 Å². The van der Waals surface area contributed by atoms with Gasteiger partial charge in [-0.25, -0.2) is 0 Å². The maximum atomic E-state index is 10.4. The number of phenolic OH excluding ortho intramolecular Hbond substituents is 1. The summed E-state index contributed by atoms with van der Waals surface area (Å²) >= 11 is 0. The van der Waals surface area contributed by atoms with Gasteiger partial charge >= 0.3 is 0 Å². The van der Waals surface area contributed by atoms with Gasteiger partial charge in [0.2, 0.25) is 0 Å². The van der Waals surface area contributed by atoms with E-state index in [1.165, 1.54) is 68.6 Å². The zero-order chi connectivity index (χ0) is 54.2. The molecule has 0 radical (unpaired) electrons. The molecule has 6 aromatic rings. The summed E-state index contributed by atoms with van der Waals surface area (Å²) in [6.45, 7) is 43.7. The molecule has 4 heteroatoms. The molecule has 0 aliphatic carbocycles. The average molecular weight is 989 g/mol. The van der Waals surface area contributed by atoms with Crippen LogP contribution in [-0.4, -0.2) is 75.7 Å². The van der Waals surface area contributed by atoms with E-state index in [-0.39, 0.29) is 5.92 Å². The standard InChI is InChI=1S/C23H33N.C22H31NO.C15H16.C9H21N/c1-17(2)24(18(3)4)15-14-22(21-10-8-7-9-11-21)23-16-19(5)12-13-20(23)6;1-16(2)23(17(3)4)14-13-20(19-9-7-6-8-10-19)21-15-18(5)11-12-22(21)24;1-12-8-9-13(2)15(10-12)11-14-6-4-3-5-7-14;1-6-7-10(8(2)3)9(4)5/h7-13,16-18,22H,14-15H2,1-6H3;6-12,15-17,20,24H,13-14H2,1-5H3;3-10H,11H2,1-2H3;8-9H,6-7H2,1-5H3. The molecule has 0 aromatic heterocycles. The quantitative estimate of drug-likeness (QED) is 0.0826. The van der Waals surface area contributed by atoms with Crippen molar-refractivity contribution in [1.82, 2.24) is 14.7 Å². The minimum Gasteiger partial charge on any atom is -0.508 e. The Kier molecular flexibility index (Phi) is 27.6. The van der Waals surface area contributed by atoms with Crippen molar-refractivity contribution in [3.05, 3.63) is 207 Å². The van der Waals surface area contributed by atoms with Crippen LogP contribution in [-0.2, 0) is 6.42 Å². The molecule has 0 aliphatic rings. The molecule has 6 aromatic carbocycles. The minimum atomic E-state index is 0.214. The first-order valence-corrected chi connectivity index (χ1v) is 28.0. The van der Waals surface area contributed by atoms with Crippen molar-refractivity contribution in [2.45, 2.75) is 198 Å². The van der Waals surface area contributed by atoms with Crippen molar-refractivity contribution in [3.8, 4) is 5.75 Å². The normalized spacial score (nSPS) is 12.3. The van der Waals surface area contributed by atoms with Gasteiger partial charge in [-0.05, 0) is 208 Å². The van der Waals surface area contributed by atoms with E-state index >= 15 is 0 Å². The molecule has 398 valence electrons. The van der Waals surface area contributed by atoms with E-state index in [2.05, 4.69) is 267 Å². The maximum Gasteiger partial charge on any atom is 0.119 e. The van der Waals surface area contributed by atoms with Gasteiger partial charge in [0.05, 0.1) is 0 Å². The second-order valence-corrected chi connectivity index (χ2v) is 22.3. The Bertz CT molecular complexity index is 2260. The predicted molar refractivity (Wildman–Crippen MR) is 321 cm³/mol. The lowest BCUT2D eigenvalue weighted by molar-refractivity contribution is 0.170. The molecular formula is C69H101N3O. The molecule has 2 unspecified atom stereocenters. The van der Waals surface area contributed by atoms with E-state index in [4.69, 9.17) is 0 Å². The number of phenols is 1. The number of benzene rings is 6. The van der Waals surface area contributed by atoms with Gasteiger partial charge in [0.15, 0.2) is 0 Å². The average Bonchev–Trinajstić information content (AvgIpc) is 3.34. The molecule has 6 rings (SSSR count). The number of hydrogen-bond donors (Lipinski definition) is 1. The summed E-state index contributed by atoms with van der Waals surface area (Å²) in [6.07, 6.45) is 4.45. The van der Waals surface area contributed by atoms with Crippen LogP contribution in [0.15, 0.2) is 146 Å². The Morgan fingerprint density at radius 1 is 0.384 bits per heavy atom. The fraction of sp³-hybridized carbons (Fsp3) is 0.478. The molecule has 0 amide bonds. The van der Waals surface area contributed by atoms with Gasteiger partial charge in [0.1, 0.15) is 5.75 Å². The number of hydrogen-bond acceptors (Lipinski definition) is 4. The van der Waals surface area contributed by atoms with Crippen LogP contribution >= 0.6 is 0 Å². The molecule has 4 nitrogen and oxygen atoms in total. The summed E-state index contributed by atoms with van der Waals surface area (Å²) in [6, 6.07) is 55.2. The third-order valence-corrected chi connectivity index (χ3v) is 14.3. The summed E-state index contributed by atoms with van der Waals surface area (Å²) in [5.41, 5.74) is 14.7. The van der Waals surface area contributed by atoms with Crippen LogP contribution in [0.2, 0.25) is 0 Å². The molecule has 0 saturated carbocycles. The first kappa shape index (κ1) is 62.3. The van der Waals surface area contributed by atoms with Crippen LogP contribution in [0.1, 0.15) is 182 Å². The molecule has 0 spiro atoms. The Morgan fingerprint density at radius 2 is 0.740 bits per heavy atom. The highest BCUT2D eigenvalue weighted by molar-refractivity contribution is 5.44. The van der Waals surface area contributed by atoms with Crippen molar-refractivity contribution in [2.75, 3.05) is 19.6 Å². The third kappa shape index (κ3) is 21.4. The molecule has 2 atom stereocenters. The van der Waals surface area contributed by atoms with Gasteiger partial charge in [-0.15, -0.1) is 0 Å². The van der Waals surface area contributed by atoms with E-state index in [0.717, 1.165) is 37.9 Å².